The molecule has 0 aliphatic rings. The fourth-order valence-electron chi connectivity index (χ4n) is 0. The molecule has 4 heavy (non-hydrogen) atoms. The van der Waals surface area contributed by atoms with Gasteiger partial charge < -0.3 is 0 Å². The van der Waals surface area contributed by atoms with Crippen LogP contribution in [0.15, 0.2) is 0 Å². The summed E-state index contributed by atoms with van der Waals surface area (Å²) in [5.41, 5.74) is 0. The maximum absolute atomic E-state index is 11.0. The molecule has 26 valence electrons. The summed E-state index contributed by atoms with van der Waals surface area (Å²) in [6.45, 7) is 1.49. The van der Waals surface area contributed by atoms with Gasteiger partial charge in [0.2, 0.25) is 0 Å². The van der Waals surface area contributed by atoms with Crippen LogP contribution in [0.5, 0.6) is 0 Å². The molecule has 0 radical (unpaired) electrons. The monoisotopic (exact) mass is 174 g/mol. The van der Waals surface area contributed by atoms with Crippen LogP contribution < -0.4 is 0 Å². The number of halogens is 2. The first kappa shape index (κ1) is 4.66. The quantitative estimate of drug-likeness (QED) is 0.387. The zero-order valence-electron chi connectivity index (χ0n) is 2.33. The lowest BCUT2D eigenvalue weighted by molar-refractivity contribution is 0.504. The van der Waals surface area contributed by atoms with Gasteiger partial charge in [0.15, 0.2) is 0 Å². The average molecular weight is 174 g/mol. The molecule has 0 N–H and O–H groups in total. The predicted molar refractivity (Wildman–Crippen MR) is 24.6 cm³/mol. The van der Waals surface area contributed by atoms with Crippen LogP contribution in [0.3, 0.4) is 0 Å². The van der Waals surface area contributed by atoms with E-state index in [0.717, 1.165) is 0 Å². The van der Waals surface area contributed by atoms with Gasteiger partial charge in [-0.2, -0.15) is 0 Å². The summed E-state index contributed by atoms with van der Waals surface area (Å²) in [5, 5.41) is 0. The van der Waals surface area contributed by atoms with Gasteiger partial charge in [-0.25, -0.2) is 4.39 Å². The third-order valence-electron chi connectivity index (χ3n) is 0. The van der Waals surface area contributed by atoms with Crippen molar-refractivity contribution in [2.24, 2.45) is 0 Å². The highest BCUT2D eigenvalue weighted by molar-refractivity contribution is 14.1. The van der Waals surface area contributed by atoms with Crippen molar-refractivity contribution in [1.29, 1.82) is 0 Å². The second kappa shape index (κ2) is 1.93. The minimum absolute atomic E-state index is 0.697. The summed E-state index contributed by atoms with van der Waals surface area (Å²) in [6.07, 6.45) is 0. The van der Waals surface area contributed by atoms with Crippen molar-refractivity contribution < 1.29 is 4.39 Å². The lowest BCUT2D eigenvalue weighted by Gasteiger charge is -1.72. The van der Waals surface area contributed by atoms with Gasteiger partial charge in [0, 0.05) is 0 Å². The Kier molecular flexibility index (Phi) is 2.25. The molecule has 0 fully saturated rings. The number of rotatable bonds is 0. The van der Waals surface area contributed by atoms with Crippen LogP contribution in [0.25, 0.3) is 0 Å². The van der Waals surface area contributed by atoms with Crippen molar-refractivity contribution in [3.8, 4) is 0 Å². The van der Waals surface area contributed by atoms with Gasteiger partial charge in [-0.1, -0.05) is 0 Å². The molecule has 0 bridgehead atoms. The standard InChI is InChI=1S/C2H4FI/c1-2(3)4/h2H,1H3/t2-/m1/s1. The normalized spacial score (nSPS) is 15.8. The van der Waals surface area contributed by atoms with Gasteiger partial charge in [-0.05, 0) is 29.5 Å². The summed E-state index contributed by atoms with van der Waals surface area (Å²) in [4.78, 5) is 0. The summed E-state index contributed by atoms with van der Waals surface area (Å²) in [6, 6.07) is 0. The molecule has 0 aliphatic carbocycles. The number of hydrogen-bond donors (Lipinski definition) is 0. The molecule has 0 heterocycles. The molecule has 0 aromatic carbocycles. The minimum atomic E-state index is -0.697. The lowest BCUT2D eigenvalue weighted by Crippen LogP contribution is -1.64. The third kappa shape index (κ3) is 16.8. The van der Waals surface area contributed by atoms with E-state index in [-0.39, 0.29) is 0 Å². The first-order valence-electron chi connectivity index (χ1n) is 1.01. The summed E-state index contributed by atoms with van der Waals surface area (Å²) < 4.78 is 10.3. The number of hydrogen-bond acceptors (Lipinski definition) is 0. The Morgan fingerprint density at radius 3 is 2.00 bits per heavy atom. The molecule has 0 nitrogen and oxygen atoms in total. The molecule has 0 saturated carbocycles. The Hall–Kier alpha value is 0.660. The molecule has 0 rings (SSSR count). The van der Waals surface area contributed by atoms with Crippen molar-refractivity contribution in [3.63, 3.8) is 0 Å². The molecule has 0 unspecified atom stereocenters. The Bertz CT molecular complexity index is 10.8. The first-order chi connectivity index (χ1) is 1.73. The van der Waals surface area contributed by atoms with E-state index in [1.807, 2.05) is 0 Å². The van der Waals surface area contributed by atoms with E-state index in [1.165, 1.54) is 6.92 Å². The molecule has 2 heteroatoms. The van der Waals surface area contributed by atoms with Gasteiger partial charge in [-0.3, -0.25) is 0 Å². The SMILES string of the molecule is C[C@H](F)I. The van der Waals surface area contributed by atoms with Crippen molar-refractivity contribution in [2.45, 2.75) is 11.1 Å². The van der Waals surface area contributed by atoms with Crippen molar-refractivity contribution in [3.05, 3.63) is 0 Å². The van der Waals surface area contributed by atoms with Crippen LogP contribution in [-0.2, 0) is 0 Å². The first-order valence-corrected chi connectivity index (χ1v) is 2.26. The smallest absolute Gasteiger partial charge is 0.148 e. The van der Waals surface area contributed by atoms with Crippen LogP contribution in [0.2, 0.25) is 0 Å². The Labute approximate surface area is 38.5 Å². The molecule has 0 spiro atoms. The second-order valence-corrected chi connectivity index (χ2v) is 2.24. The molecule has 0 aromatic rings. The minimum Gasteiger partial charge on any atom is -0.236 e. The number of alkyl halides is 2. The van der Waals surface area contributed by atoms with Gasteiger partial charge >= 0.3 is 0 Å². The maximum atomic E-state index is 11.0. The summed E-state index contributed by atoms with van der Waals surface area (Å²) >= 11 is 1.68. The van der Waals surface area contributed by atoms with Gasteiger partial charge in [-0.15, -0.1) is 0 Å². The molecule has 0 aromatic heterocycles. The Morgan fingerprint density at radius 2 is 2.00 bits per heavy atom. The van der Waals surface area contributed by atoms with Crippen LogP contribution in [0.4, 0.5) is 4.39 Å². The molecule has 0 saturated heterocycles. The van der Waals surface area contributed by atoms with Crippen molar-refractivity contribution in [2.75, 3.05) is 0 Å². The summed E-state index contributed by atoms with van der Waals surface area (Å²) in [7, 11) is 0. The van der Waals surface area contributed by atoms with E-state index >= 15 is 0 Å². The van der Waals surface area contributed by atoms with Gasteiger partial charge in [0.25, 0.3) is 0 Å². The Morgan fingerprint density at radius 1 is 2.00 bits per heavy atom. The fourth-order valence-corrected chi connectivity index (χ4v) is 0. The molecular formula is C2H4FI. The lowest BCUT2D eigenvalue weighted by atomic mass is 10.9. The largest absolute Gasteiger partial charge is 0.236 e. The molecular weight excluding hydrogens is 170 g/mol. The van der Waals surface area contributed by atoms with E-state index in [4.69, 9.17) is 0 Å². The molecule has 0 aliphatic heterocycles. The van der Waals surface area contributed by atoms with Gasteiger partial charge in [0.1, 0.15) is 4.18 Å². The Balaban J connectivity index is 2.32. The van der Waals surface area contributed by atoms with Crippen LogP contribution >= 0.6 is 22.6 Å². The zero-order chi connectivity index (χ0) is 3.58. The fraction of sp³-hybridized carbons (Fsp3) is 1.00. The highest BCUT2D eigenvalue weighted by atomic mass is 127. The topological polar surface area (TPSA) is 0 Å². The van der Waals surface area contributed by atoms with Crippen molar-refractivity contribution in [1.82, 2.24) is 0 Å². The highest BCUT2D eigenvalue weighted by Gasteiger charge is 1.76. The summed E-state index contributed by atoms with van der Waals surface area (Å²) in [5.74, 6) is 0. The molecule has 0 amide bonds. The second-order valence-electron chi connectivity index (χ2n) is 0.519. The van der Waals surface area contributed by atoms with E-state index in [0.29, 0.717) is 0 Å². The van der Waals surface area contributed by atoms with E-state index in [1.54, 1.807) is 22.6 Å². The van der Waals surface area contributed by atoms with Crippen molar-refractivity contribution >= 4 is 22.6 Å². The maximum Gasteiger partial charge on any atom is 0.148 e. The highest BCUT2D eigenvalue weighted by Crippen LogP contribution is 1.95. The van der Waals surface area contributed by atoms with Crippen LogP contribution in [0, 0.1) is 0 Å². The van der Waals surface area contributed by atoms with Crippen LogP contribution in [0.1, 0.15) is 6.92 Å². The van der Waals surface area contributed by atoms with E-state index < -0.39 is 4.18 Å². The zero-order valence-corrected chi connectivity index (χ0v) is 4.49. The molecule has 1 atom stereocenters. The van der Waals surface area contributed by atoms with Gasteiger partial charge in [0.05, 0.1) is 0 Å². The average Bonchev–Trinajstić information content (AvgIpc) is 0.811. The van der Waals surface area contributed by atoms with E-state index in [9.17, 15) is 4.39 Å². The van der Waals surface area contributed by atoms with E-state index in [2.05, 4.69) is 0 Å². The van der Waals surface area contributed by atoms with Crippen LogP contribution in [-0.4, -0.2) is 4.18 Å². The predicted octanol–water partition coefficient (Wildman–Crippen LogP) is 1.74. The third-order valence-corrected chi connectivity index (χ3v) is 0.